The average molecular weight is 244 g/mol. The van der Waals surface area contributed by atoms with Gasteiger partial charge >= 0.3 is 0 Å². The lowest BCUT2D eigenvalue weighted by Gasteiger charge is -2.01. The van der Waals surface area contributed by atoms with Crippen LogP contribution in [0, 0.1) is 0 Å². The molecule has 1 aromatic carbocycles. The Bertz CT molecular complexity index is 624. The van der Waals surface area contributed by atoms with Crippen LogP contribution in [0.1, 0.15) is 0 Å². The number of benzene rings is 1. The number of fused-ring (bicyclic) bond motifs is 1. The maximum Gasteiger partial charge on any atom is 0.294 e. The summed E-state index contributed by atoms with van der Waals surface area (Å²) in [5.41, 5.74) is 0. The summed E-state index contributed by atoms with van der Waals surface area (Å²) in [7, 11) is -4.17. The van der Waals surface area contributed by atoms with Gasteiger partial charge in [0.05, 0.1) is 4.90 Å². The molecule has 4 nitrogen and oxygen atoms in total. The number of hydrogen-bond acceptors (Lipinski definition) is 3. The van der Waals surface area contributed by atoms with Crippen LogP contribution < -0.4 is 0 Å². The van der Waals surface area contributed by atoms with Crippen molar-refractivity contribution in [1.82, 2.24) is 4.98 Å². The Morgan fingerprint density at radius 1 is 1.27 bits per heavy atom. The maximum absolute atomic E-state index is 10.9. The van der Waals surface area contributed by atoms with E-state index in [1.54, 1.807) is 6.07 Å². The zero-order valence-electron chi connectivity index (χ0n) is 7.38. The minimum absolute atomic E-state index is 0.155. The first-order valence-corrected chi connectivity index (χ1v) is 5.82. The van der Waals surface area contributed by atoms with E-state index in [-0.39, 0.29) is 4.90 Å². The van der Waals surface area contributed by atoms with Crippen LogP contribution in [0.25, 0.3) is 10.8 Å². The third-order valence-corrected chi connectivity index (χ3v) is 3.14. The van der Waals surface area contributed by atoms with Gasteiger partial charge in [0.2, 0.25) is 0 Å². The van der Waals surface area contributed by atoms with Crippen molar-refractivity contribution in [3.63, 3.8) is 0 Å². The highest BCUT2D eigenvalue weighted by Gasteiger charge is 2.10. The van der Waals surface area contributed by atoms with Gasteiger partial charge in [-0.2, -0.15) is 8.42 Å². The molecule has 2 aromatic rings. The Morgan fingerprint density at radius 3 is 2.67 bits per heavy atom. The summed E-state index contributed by atoms with van der Waals surface area (Å²) in [5, 5.41) is 1.56. The minimum Gasteiger partial charge on any atom is -0.282 e. The largest absolute Gasteiger partial charge is 0.294 e. The van der Waals surface area contributed by atoms with E-state index < -0.39 is 10.1 Å². The van der Waals surface area contributed by atoms with Gasteiger partial charge in [-0.05, 0) is 29.7 Å². The zero-order valence-corrected chi connectivity index (χ0v) is 8.96. The fraction of sp³-hybridized carbons (Fsp3) is 0. The molecule has 0 saturated carbocycles. The molecule has 0 spiro atoms. The van der Waals surface area contributed by atoms with Crippen molar-refractivity contribution in [2.75, 3.05) is 0 Å². The van der Waals surface area contributed by atoms with Crippen LogP contribution in [0.5, 0.6) is 0 Å². The van der Waals surface area contributed by atoms with Gasteiger partial charge in [-0.15, -0.1) is 0 Å². The van der Waals surface area contributed by atoms with E-state index in [0.29, 0.717) is 15.9 Å². The summed E-state index contributed by atoms with van der Waals surface area (Å²) in [6.07, 6.45) is 1.47. The molecule has 1 heterocycles. The van der Waals surface area contributed by atoms with Gasteiger partial charge in [0, 0.05) is 11.6 Å². The molecule has 0 aliphatic rings. The monoisotopic (exact) mass is 243 g/mol. The van der Waals surface area contributed by atoms with Gasteiger partial charge in [0.1, 0.15) is 5.15 Å². The molecule has 0 atom stereocenters. The topological polar surface area (TPSA) is 67.3 Å². The molecule has 0 bridgehead atoms. The van der Waals surface area contributed by atoms with Crippen LogP contribution in [-0.4, -0.2) is 18.0 Å². The Labute approximate surface area is 91.3 Å². The molecular weight excluding hydrogens is 238 g/mol. The molecule has 0 unspecified atom stereocenters. The normalized spacial score (nSPS) is 11.9. The first kappa shape index (κ1) is 10.4. The Kier molecular flexibility index (Phi) is 2.38. The fourth-order valence-electron chi connectivity index (χ4n) is 1.28. The average Bonchev–Trinajstić information content (AvgIpc) is 2.16. The fourth-order valence-corrected chi connectivity index (χ4v) is 2.02. The predicted molar refractivity (Wildman–Crippen MR) is 56.6 cm³/mol. The van der Waals surface area contributed by atoms with E-state index >= 15 is 0 Å². The van der Waals surface area contributed by atoms with Crippen LogP contribution >= 0.6 is 11.6 Å². The molecule has 15 heavy (non-hydrogen) atoms. The van der Waals surface area contributed by atoms with E-state index in [1.165, 1.54) is 24.4 Å². The Balaban J connectivity index is 2.79. The zero-order chi connectivity index (χ0) is 11.1. The third-order valence-electron chi connectivity index (χ3n) is 1.99. The Hall–Kier alpha value is -1.17. The van der Waals surface area contributed by atoms with Crippen molar-refractivity contribution in [2.45, 2.75) is 4.90 Å². The SMILES string of the molecule is O=S(=O)(O)c1ccc2c(Cl)nccc2c1. The molecule has 78 valence electrons. The molecule has 1 aromatic heterocycles. The predicted octanol–water partition coefficient (Wildman–Crippen LogP) is 2.13. The first-order chi connectivity index (χ1) is 6.98. The van der Waals surface area contributed by atoms with E-state index in [2.05, 4.69) is 4.98 Å². The molecule has 0 amide bonds. The second-order valence-corrected chi connectivity index (χ2v) is 4.74. The van der Waals surface area contributed by atoms with Crippen molar-refractivity contribution < 1.29 is 13.0 Å². The highest BCUT2D eigenvalue weighted by atomic mass is 35.5. The van der Waals surface area contributed by atoms with Crippen molar-refractivity contribution >= 4 is 32.5 Å². The lowest BCUT2D eigenvalue weighted by Crippen LogP contribution is -1.97. The second kappa shape index (κ2) is 3.44. The van der Waals surface area contributed by atoms with E-state index in [4.69, 9.17) is 16.2 Å². The lowest BCUT2D eigenvalue weighted by atomic mass is 10.2. The van der Waals surface area contributed by atoms with E-state index in [1.807, 2.05) is 0 Å². The van der Waals surface area contributed by atoms with Gasteiger partial charge in [-0.25, -0.2) is 4.98 Å². The summed E-state index contributed by atoms with van der Waals surface area (Å²) in [6, 6.07) is 5.76. The summed E-state index contributed by atoms with van der Waals surface area (Å²) >= 11 is 5.80. The quantitative estimate of drug-likeness (QED) is 0.616. The number of aromatic nitrogens is 1. The third kappa shape index (κ3) is 1.94. The van der Waals surface area contributed by atoms with Crippen molar-refractivity contribution in [2.24, 2.45) is 0 Å². The number of nitrogens with zero attached hydrogens (tertiary/aromatic N) is 1. The van der Waals surface area contributed by atoms with Crippen molar-refractivity contribution in [3.8, 4) is 0 Å². The molecule has 1 N–H and O–H groups in total. The second-order valence-electron chi connectivity index (χ2n) is 2.96. The summed E-state index contributed by atoms with van der Waals surface area (Å²) in [5.74, 6) is 0. The number of rotatable bonds is 1. The van der Waals surface area contributed by atoms with E-state index in [0.717, 1.165) is 0 Å². The minimum atomic E-state index is -4.17. The molecule has 0 aliphatic carbocycles. The standard InChI is InChI=1S/C9H6ClNO3S/c10-9-8-2-1-7(15(12,13)14)5-6(8)3-4-11-9/h1-5H,(H,12,13,14). The molecule has 6 heteroatoms. The summed E-state index contributed by atoms with van der Waals surface area (Å²) in [4.78, 5) is 3.70. The highest BCUT2D eigenvalue weighted by Crippen LogP contribution is 2.23. The number of halogens is 1. The lowest BCUT2D eigenvalue weighted by molar-refractivity contribution is 0.483. The number of pyridine rings is 1. The Morgan fingerprint density at radius 2 is 2.00 bits per heavy atom. The molecule has 0 saturated heterocycles. The van der Waals surface area contributed by atoms with E-state index in [9.17, 15) is 8.42 Å². The molecule has 0 radical (unpaired) electrons. The summed E-state index contributed by atoms with van der Waals surface area (Å²) < 4.78 is 30.6. The van der Waals surface area contributed by atoms with Gasteiger partial charge < -0.3 is 0 Å². The van der Waals surface area contributed by atoms with Crippen LogP contribution in [-0.2, 0) is 10.1 Å². The molecular formula is C9H6ClNO3S. The van der Waals surface area contributed by atoms with Crippen LogP contribution in [0.2, 0.25) is 5.15 Å². The number of hydrogen-bond donors (Lipinski definition) is 1. The van der Waals surface area contributed by atoms with Crippen LogP contribution in [0.3, 0.4) is 0 Å². The first-order valence-electron chi connectivity index (χ1n) is 4.00. The van der Waals surface area contributed by atoms with Gasteiger partial charge in [0.25, 0.3) is 10.1 Å². The highest BCUT2D eigenvalue weighted by molar-refractivity contribution is 7.85. The van der Waals surface area contributed by atoms with Crippen LogP contribution in [0.4, 0.5) is 0 Å². The maximum atomic E-state index is 10.9. The van der Waals surface area contributed by atoms with Gasteiger partial charge in [-0.3, -0.25) is 4.55 Å². The molecule has 0 fully saturated rings. The smallest absolute Gasteiger partial charge is 0.282 e. The van der Waals surface area contributed by atoms with Crippen LogP contribution in [0.15, 0.2) is 35.4 Å². The van der Waals surface area contributed by atoms with Gasteiger partial charge in [0.15, 0.2) is 0 Å². The van der Waals surface area contributed by atoms with Gasteiger partial charge in [-0.1, -0.05) is 11.6 Å². The molecule has 2 rings (SSSR count). The summed E-state index contributed by atoms with van der Waals surface area (Å²) in [6.45, 7) is 0. The molecule has 0 aliphatic heterocycles. The van der Waals surface area contributed by atoms with Crippen molar-refractivity contribution in [1.29, 1.82) is 0 Å². The van der Waals surface area contributed by atoms with Crippen molar-refractivity contribution in [3.05, 3.63) is 35.6 Å².